The van der Waals surface area contributed by atoms with E-state index in [4.69, 9.17) is 4.98 Å². The second-order valence-electron chi connectivity index (χ2n) is 6.94. The van der Waals surface area contributed by atoms with Crippen molar-refractivity contribution in [1.82, 2.24) is 10.3 Å². The van der Waals surface area contributed by atoms with Gasteiger partial charge in [0.05, 0.1) is 5.69 Å². The van der Waals surface area contributed by atoms with E-state index >= 15 is 0 Å². The van der Waals surface area contributed by atoms with E-state index in [-0.39, 0.29) is 0 Å². The fourth-order valence-electron chi connectivity index (χ4n) is 3.92. The van der Waals surface area contributed by atoms with Crippen molar-refractivity contribution in [2.45, 2.75) is 64.3 Å². The molecule has 2 nitrogen and oxygen atoms in total. The van der Waals surface area contributed by atoms with Gasteiger partial charge < -0.3 is 5.32 Å². The molecule has 1 N–H and O–H groups in total. The van der Waals surface area contributed by atoms with Crippen molar-refractivity contribution in [3.05, 3.63) is 15.6 Å². The van der Waals surface area contributed by atoms with Gasteiger partial charge in [0, 0.05) is 11.4 Å². The number of aromatic nitrogens is 1. The van der Waals surface area contributed by atoms with Crippen LogP contribution in [0.15, 0.2) is 0 Å². The fourth-order valence-corrected chi connectivity index (χ4v) is 5.17. The third-order valence-electron chi connectivity index (χ3n) is 5.32. The van der Waals surface area contributed by atoms with Gasteiger partial charge in [0.15, 0.2) is 0 Å². The molecule has 0 atom stereocenters. The smallest absolute Gasteiger partial charge is 0.107 e. The monoisotopic (exact) mass is 276 g/mol. The van der Waals surface area contributed by atoms with Gasteiger partial charge in [-0.3, -0.25) is 0 Å². The Kier molecular flexibility index (Phi) is 3.15. The van der Waals surface area contributed by atoms with Gasteiger partial charge in [0.25, 0.3) is 0 Å². The zero-order valence-corrected chi connectivity index (χ0v) is 12.5. The Morgan fingerprint density at radius 2 is 2.05 bits per heavy atom. The van der Waals surface area contributed by atoms with Crippen LogP contribution in [0.4, 0.5) is 0 Å². The van der Waals surface area contributed by atoms with E-state index in [1.54, 1.807) is 4.88 Å². The maximum atomic E-state index is 4.88. The molecule has 0 saturated heterocycles. The molecule has 0 unspecified atom stereocenters. The average molecular weight is 276 g/mol. The van der Waals surface area contributed by atoms with Crippen LogP contribution in [0, 0.1) is 11.3 Å². The number of hydrogen-bond acceptors (Lipinski definition) is 3. The van der Waals surface area contributed by atoms with Gasteiger partial charge in [0.2, 0.25) is 0 Å². The van der Waals surface area contributed by atoms with Crippen molar-refractivity contribution in [3.63, 3.8) is 0 Å². The van der Waals surface area contributed by atoms with Crippen molar-refractivity contribution in [1.29, 1.82) is 0 Å². The SMILES string of the molecule is C1CCC2(C1)CCc1nc(CNCC3CC3)sc1C2. The average Bonchev–Trinajstić information content (AvgIpc) is 2.98. The van der Waals surface area contributed by atoms with Crippen molar-refractivity contribution in [2.75, 3.05) is 6.54 Å². The quantitative estimate of drug-likeness (QED) is 0.907. The molecule has 1 spiro atoms. The summed E-state index contributed by atoms with van der Waals surface area (Å²) in [5, 5.41) is 4.92. The molecule has 4 rings (SSSR count). The predicted octanol–water partition coefficient (Wildman–Crippen LogP) is 3.69. The number of hydrogen-bond donors (Lipinski definition) is 1. The second kappa shape index (κ2) is 4.85. The third-order valence-corrected chi connectivity index (χ3v) is 6.42. The zero-order chi connectivity index (χ0) is 12.7. The lowest BCUT2D eigenvalue weighted by atomic mass is 9.74. The lowest BCUT2D eigenvalue weighted by Crippen LogP contribution is -2.24. The van der Waals surface area contributed by atoms with Crippen molar-refractivity contribution in [3.8, 4) is 0 Å². The molecule has 3 aliphatic rings. The van der Waals surface area contributed by atoms with E-state index in [2.05, 4.69) is 5.32 Å². The zero-order valence-electron chi connectivity index (χ0n) is 11.7. The van der Waals surface area contributed by atoms with Crippen LogP contribution in [0.1, 0.15) is 60.5 Å². The Bertz CT molecular complexity index is 455. The molecular weight excluding hydrogens is 252 g/mol. The minimum Gasteiger partial charge on any atom is -0.310 e. The summed E-state index contributed by atoms with van der Waals surface area (Å²) in [6.45, 7) is 2.20. The normalized spacial score (nSPS) is 24.8. The van der Waals surface area contributed by atoms with Crippen LogP contribution in [0.2, 0.25) is 0 Å². The van der Waals surface area contributed by atoms with Crippen molar-refractivity contribution >= 4 is 11.3 Å². The number of nitrogens with zero attached hydrogens (tertiary/aromatic N) is 1. The Morgan fingerprint density at radius 1 is 1.21 bits per heavy atom. The van der Waals surface area contributed by atoms with Crippen LogP contribution in [0.5, 0.6) is 0 Å². The maximum absolute atomic E-state index is 4.88. The van der Waals surface area contributed by atoms with Gasteiger partial charge in [-0.1, -0.05) is 12.8 Å². The summed E-state index contributed by atoms with van der Waals surface area (Å²) in [7, 11) is 0. The van der Waals surface area contributed by atoms with E-state index in [1.165, 1.54) is 75.0 Å². The molecule has 1 aromatic rings. The number of rotatable bonds is 4. The van der Waals surface area contributed by atoms with Crippen LogP contribution in [0.3, 0.4) is 0 Å². The second-order valence-corrected chi connectivity index (χ2v) is 8.10. The van der Waals surface area contributed by atoms with Gasteiger partial charge in [-0.2, -0.15) is 0 Å². The van der Waals surface area contributed by atoms with Crippen LogP contribution < -0.4 is 5.32 Å². The largest absolute Gasteiger partial charge is 0.310 e. The lowest BCUT2D eigenvalue weighted by molar-refractivity contribution is 0.256. The lowest BCUT2D eigenvalue weighted by Gasteiger charge is -2.32. The molecule has 0 aromatic carbocycles. The van der Waals surface area contributed by atoms with E-state index in [0.29, 0.717) is 5.41 Å². The molecule has 19 heavy (non-hydrogen) atoms. The molecule has 2 fully saturated rings. The molecule has 3 heteroatoms. The van der Waals surface area contributed by atoms with Crippen LogP contribution in [0.25, 0.3) is 0 Å². The van der Waals surface area contributed by atoms with Crippen LogP contribution in [-0.4, -0.2) is 11.5 Å². The molecule has 1 aromatic heterocycles. The minimum atomic E-state index is 0.679. The maximum Gasteiger partial charge on any atom is 0.107 e. The molecule has 2 saturated carbocycles. The van der Waals surface area contributed by atoms with E-state index in [9.17, 15) is 0 Å². The van der Waals surface area contributed by atoms with Crippen molar-refractivity contribution < 1.29 is 0 Å². The molecule has 0 amide bonds. The molecule has 0 aliphatic heterocycles. The van der Waals surface area contributed by atoms with Gasteiger partial charge in [0.1, 0.15) is 5.01 Å². The summed E-state index contributed by atoms with van der Waals surface area (Å²) < 4.78 is 0. The number of nitrogens with one attached hydrogen (secondary N) is 1. The van der Waals surface area contributed by atoms with Gasteiger partial charge in [-0.15, -0.1) is 11.3 Å². The molecule has 3 aliphatic carbocycles. The Hall–Kier alpha value is -0.410. The topological polar surface area (TPSA) is 24.9 Å². The molecule has 1 heterocycles. The van der Waals surface area contributed by atoms with Crippen LogP contribution >= 0.6 is 11.3 Å². The highest BCUT2D eigenvalue weighted by Gasteiger charge is 2.38. The summed E-state index contributed by atoms with van der Waals surface area (Å²) in [5.74, 6) is 0.969. The minimum absolute atomic E-state index is 0.679. The van der Waals surface area contributed by atoms with Gasteiger partial charge in [-0.05, 0) is 62.8 Å². The first-order valence-electron chi connectivity index (χ1n) is 8.01. The summed E-state index contributed by atoms with van der Waals surface area (Å²) >= 11 is 1.99. The third kappa shape index (κ3) is 2.59. The highest BCUT2D eigenvalue weighted by atomic mass is 32.1. The van der Waals surface area contributed by atoms with E-state index in [0.717, 1.165) is 12.5 Å². The first kappa shape index (κ1) is 12.3. The number of fused-ring (bicyclic) bond motifs is 1. The summed E-state index contributed by atoms with van der Waals surface area (Å²) in [5.41, 5.74) is 2.11. The summed E-state index contributed by atoms with van der Waals surface area (Å²) in [4.78, 5) is 6.50. The predicted molar refractivity (Wildman–Crippen MR) is 79.5 cm³/mol. The molecule has 104 valence electrons. The molecule has 0 bridgehead atoms. The highest BCUT2D eigenvalue weighted by molar-refractivity contribution is 7.11. The molecular formula is C16H24N2S. The number of aryl methyl sites for hydroxylation is 1. The van der Waals surface area contributed by atoms with Crippen molar-refractivity contribution in [2.24, 2.45) is 11.3 Å². The van der Waals surface area contributed by atoms with E-state index < -0.39 is 0 Å². The summed E-state index contributed by atoms with van der Waals surface area (Å²) in [6.07, 6.45) is 12.7. The molecule has 0 radical (unpaired) electrons. The first-order chi connectivity index (χ1) is 9.33. The Morgan fingerprint density at radius 3 is 2.84 bits per heavy atom. The Balaban J connectivity index is 1.41. The Labute approximate surface area is 120 Å². The van der Waals surface area contributed by atoms with E-state index in [1.807, 2.05) is 11.3 Å². The van der Waals surface area contributed by atoms with Crippen LogP contribution in [-0.2, 0) is 19.4 Å². The standard InChI is InChI=1S/C16H24N2S/c1-2-7-16(6-1)8-5-13-14(9-16)19-15(18-13)11-17-10-12-3-4-12/h12,17H,1-11H2. The summed E-state index contributed by atoms with van der Waals surface area (Å²) in [6, 6.07) is 0. The first-order valence-corrected chi connectivity index (χ1v) is 8.83. The highest BCUT2D eigenvalue weighted by Crippen LogP contribution is 2.48. The van der Waals surface area contributed by atoms with Gasteiger partial charge in [-0.25, -0.2) is 4.98 Å². The number of thiazole rings is 1. The fraction of sp³-hybridized carbons (Fsp3) is 0.812. The van der Waals surface area contributed by atoms with Gasteiger partial charge >= 0.3 is 0 Å².